The molecule has 1 aliphatic rings. The van der Waals surface area contributed by atoms with E-state index in [-0.39, 0.29) is 6.54 Å². The third kappa shape index (κ3) is 5.17. The summed E-state index contributed by atoms with van der Waals surface area (Å²) in [7, 11) is 0. The lowest BCUT2D eigenvalue weighted by atomic mass is 10.1. The molecule has 1 rings (SSSR count). The van der Waals surface area contributed by atoms with Gasteiger partial charge in [0, 0.05) is 13.1 Å². The van der Waals surface area contributed by atoms with E-state index >= 15 is 0 Å². The average Bonchev–Trinajstić information content (AvgIpc) is 2.53. The maximum absolute atomic E-state index is 10.7. The Bertz CT molecular complexity index is 198. The normalized spacial score (nSPS) is 17.9. The van der Waals surface area contributed by atoms with Gasteiger partial charge in [0.2, 0.25) is 0 Å². The summed E-state index contributed by atoms with van der Waals surface area (Å²) in [5.41, 5.74) is 0. The molecule has 0 saturated heterocycles. The summed E-state index contributed by atoms with van der Waals surface area (Å²) < 4.78 is 0. The number of carboxylic acids is 1. The van der Waals surface area contributed by atoms with Crippen LogP contribution in [0.2, 0.25) is 0 Å². The first-order valence-electron chi connectivity index (χ1n) is 6.02. The minimum Gasteiger partial charge on any atom is -0.480 e. The van der Waals surface area contributed by atoms with Gasteiger partial charge in [0.15, 0.2) is 0 Å². The number of carboxylic acid groups (broad SMARTS) is 1. The van der Waals surface area contributed by atoms with E-state index in [0.717, 1.165) is 19.0 Å². The molecule has 0 heterocycles. The Morgan fingerprint density at radius 1 is 1.40 bits per heavy atom. The minimum atomic E-state index is -0.700. The van der Waals surface area contributed by atoms with Crippen LogP contribution in [0.3, 0.4) is 0 Å². The molecule has 0 aromatic heterocycles. The number of aliphatic carboxylic acids is 1. The van der Waals surface area contributed by atoms with Gasteiger partial charge in [-0.2, -0.15) is 0 Å². The van der Waals surface area contributed by atoms with Gasteiger partial charge in [-0.15, -0.1) is 0 Å². The highest BCUT2D eigenvalue weighted by Gasteiger charge is 2.20. The number of hydrogen-bond donors (Lipinski definition) is 1. The Labute approximate surface area is 92.5 Å². The van der Waals surface area contributed by atoms with E-state index in [9.17, 15) is 4.79 Å². The van der Waals surface area contributed by atoms with Crippen molar-refractivity contribution in [3.05, 3.63) is 0 Å². The first-order chi connectivity index (χ1) is 7.08. The average molecular weight is 213 g/mol. The SMILES string of the molecule is CC(C)CN(CC(=O)O)CC1CCCC1. The molecule has 3 nitrogen and oxygen atoms in total. The monoisotopic (exact) mass is 213 g/mol. The maximum atomic E-state index is 10.7. The van der Waals surface area contributed by atoms with E-state index in [1.165, 1.54) is 25.7 Å². The van der Waals surface area contributed by atoms with Gasteiger partial charge in [-0.05, 0) is 24.7 Å². The largest absolute Gasteiger partial charge is 0.480 e. The summed E-state index contributed by atoms with van der Waals surface area (Å²) >= 11 is 0. The predicted molar refractivity (Wildman–Crippen MR) is 60.9 cm³/mol. The van der Waals surface area contributed by atoms with Crippen LogP contribution in [0.4, 0.5) is 0 Å². The number of nitrogens with zero attached hydrogens (tertiary/aromatic N) is 1. The summed E-state index contributed by atoms with van der Waals surface area (Å²) in [6, 6.07) is 0. The van der Waals surface area contributed by atoms with E-state index in [2.05, 4.69) is 18.7 Å². The molecule has 0 aliphatic heterocycles. The highest BCUT2D eigenvalue weighted by molar-refractivity contribution is 5.69. The second kappa shape index (κ2) is 6.11. The van der Waals surface area contributed by atoms with Crippen LogP contribution in [-0.4, -0.2) is 35.6 Å². The molecule has 1 aliphatic carbocycles. The lowest BCUT2D eigenvalue weighted by Crippen LogP contribution is -2.36. The molecule has 1 saturated carbocycles. The van der Waals surface area contributed by atoms with Crippen molar-refractivity contribution in [2.24, 2.45) is 11.8 Å². The van der Waals surface area contributed by atoms with E-state index in [0.29, 0.717) is 5.92 Å². The smallest absolute Gasteiger partial charge is 0.317 e. The molecule has 0 atom stereocenters. The van der Waals surface area contributed by atoms with Crippen LogP contribution >= 0.6 is 0 Å². The Morgan fingerprint density at radius 3 is 2.47 bits per heavy atom. The van der Waals surface area contributed by atoms with Crippen molar-refractivity contribution < 1.29 is 9.90 Å². The van der Waals surface area contributed by atoms with E-state index < -0.39 is 5.97 Å². The van der Waals surface area contributed by atoms with Gasteiger partial charge in [-0.1, -0.05) is 26.7 Å². The fraction of sp³-hybridized carbons (Fsp3) is 0.917. The summed E-state index contributed by atoms with van der Waals surface area (Å²) in [6.07, 6.45) is 5.23. The van der Waals surface area contributed by atoms with Crippen LogP contribution in [-0.2, 0) is 4.79 Å². The second-order valence-electron chi connectivity index (χ2n) is 5.13. The minimum absolute atomic E-state index is 0.203. The zero-order valence-electron chi connectivity index (χ0n) is 9.91. The Morgan fingerprint density at radius 2 is 2.00 bits per heavy atom. The molecule has 1 N–H and O–H groups in total. The second-order valence-corrected chi connectivity index (χ2v) is 5.13. The fourth-order valence-corrected chi connectivity index (χ4v) is 2.47. The van der Waals surface area contributed by atoms with E-state index in [4.69, 9.17) is 5.11 Å². The molecule has 0 aromatic carbocycles. The predicted octanol–water partition coefficient (Wildman–Crippen LogP) is 2.22. The number of carbonyl (C=O) groups is 1. The molecule has 0 bridgehead atoms. The molecule has 0 radical (unpaired) electrons. The number of rotatable bonds is 6. The standard InChI is InChI=1S/C12H23NO2/c1-10(2)7-13(9-12(14)15)8-11-5-3-4-6-11/h10-11H,3-9H2,1-2H3,(H,14,15). The first kappa shape index (κ1) is 12.5. The maximum Gasteiger partial charge on any atom is 0.317 e. The molecule has 1 fully saturated rings. The van der Waals surface area contributed by atoms with Crippen molar-refractivity contribution in [3.8, 4) is 0 Å². The van der Waals surface area contributed by atoms with Crippen molar-refractivity contribution in [2.75, 3.05) is 19.6 Å². The molecular formula is C12H23NO2. The summed E-state index contributed by atoms with van der Waals surface area (Å²) in [4.78, 5) is 12.8. The van der Waals surface area contributed by atoms with E-state index in [1.54, 1.807) is 0 Å². The third-order valence-electron chi connectivity index (χ3n) is 2.97. The van der Waals surface area contributed by atoms with Crippen molar-refractivity contribution in [1.29, 1.82) is 0 Å². The third-order valence-corrected chi connectivity index (χ3v) is 2.97. The van der Waals surface area contributed by atoms with Gasteiger partial charge in [-0.25, -0.2) is 0 Å². The number of hydrogen-bond acceptors (Lipinski definition) is 2. The fourth-order valence-electron chi connectivity index (χ4n) is 2.47. The van der Waals surface area contributed by atoms with Crippen molar-refractivity contribution in [1.82, 2.24) is 4.90 Å². The van der Waals surface area contributed by atoms with Gasteiger partial charge < -0.3 is 5.11 Å². The van der Waals surface area contributed by atoms with Crippen molar-refractivity contribution in [3.63, 3.8) is 0 Å². The van der Waals surface area contributed by atoms with Crippen LogP contribution in [0.5, 0.6) is 0 Å². The molecule has 88 valence electrons. The zero-order chi connectivity index (χ0) is 11.3. The highest BCUT2D eigenvalue weighted by atomic mass is 16.4. The Balaban J connectivity index is 2.36. The summed E-state index contributed by atoms with van der Waals surface area (Å²) in [5, 5.41) is 8.83. The van der Waals surface area contributed by atoms with Crippen LogP contribution < -0.4 is 0 Å². The lowest BCUT2D eigenvalue weighted by Gasteiger charge is -2.25. The zero-order valence-corrected chi connectivity index (χ0v) is 9.91. The first-order valence-corrected chi connectivity index (χ1v) is 6.02. The van der Waals surface area contributed by atoms with E-state index in [1.807, 2.05) is 0 Å². The van der Waals surface area contributed by atoms with Crippen LogP contribution in [0.15, 0.2) is 0 Å². The quantitative estimate of drug-likeness (QED) is 0.735. The van der Waals surface area contributed by atoms with Gasteiger partial charge in [0.1, 0.15) is 0 Å². The summed E-state index contributed by atoms with van der Waals surface area (Å²) in [6.45, 7) is 6.37. The molecule has 0 aromatic rings. The highest BCUT2D eigenvalue weighted by Crippen LogP contribution is 2.25. The van der Waals surface area contributed by atoms with Crippen LogP contribution in [0.1, 0.15) is 39.5 Å². The lowest BCUT2D eigenvalue weighted by molar-refractivity contribution is -0.138. The Kier molecular flexibility index (Phi) is 5.09. The van der Waals surface area contributed by atoms with Crippen LogP contribution in [0, 0.1) is 11.8 Å². The summed E-state index contributed by atoms with van der Waals surface area (Å²) in [5.74, 6) is 0.586. The van der Waals surface area contributed by atoms with Gasteiger partial charge in [-0.3, -0.25) is 9.69 Å². The molecular weight excluding hydrogens is 190 g/mol. The molecule has 0 spiro atoms. The van der Waals surface area contributed by atoms with Gasteiger partial charge >= 0.3 is 5.97 Å². The molecule has 15 heavy (non-hydrogen) atoms. The molecule has 0 amide bonds. The van der Waals surface area contributed by atoms with Gasteiger partial charge in [0.25, 0.3) is 0 Å². The van der Waals surface area contributed by atoms with Crippen molar-refractivity contribution >= 4 is 5.97 Å². The van der Waals surface area contributed by atoms with Crippen LogP contribution in [0.25, 0.3) is 0 Å². The topological polar surface area (TPSA) is 40.5 Å². The molecule has 0 unspecified atom stereocenters. The Hall–Kier alpha value is -0.570. The van der Waals surface area contributed by atoms with Gasteiger partial charge in [0.05, 0.1) is 6.54 Å². The van der Waals surface area contributed by atoms with Crippen molar-refractivity contribution in [2.45, 2.75) is 39.5 Å². The molecule has 3 heteroatoms.